The molecule has 0 fully saturated rings. The third kappa shape index (κ3) is 5.09. The van der Waals surface area contributed by atoms with Crippen molar-refractivity contribution in [3.8, 4) is 0 Å². The molecule has 2 atom stereocenters. The average molecular weight is 319 g/mol. The maximum absolute atomic E-state index is 12.4. The second-order valence-electron chi connectivity index (χ2n) is 5.43. The Morgan fingerprint density at radius 1 is 0.667 bits per heavy atom. The zero-order chi connectivity index (χ0) is 17.2. The first-order valence-corrected chi connectivity index (χ1v) is 7.88. The van der Waals surface area contributed by atoms with Crippen molar-refractivity contribution >= 4 is 5.78 Å². The summed E-state index contributed by atoms with van der Waals surface area (Å²) in [4.78, 5) is 24.1. The van der Waals surface area contributed by atoms with Crippen LogP contribution in [0.25, 0.3) is 0 Å². The first-order valence-electron chi connectivity index (χ1n) is 7.88. The fraction of sp³-hybridized carbons (Fsp3) is 0.200. The fourth-order valence-corrected chi connectivity index (χ4v) is 2.32. The van der Waals surface area contributed by atoms with Crippen molar-refractivity contribution in [3.05, 3.63) is 90.8 Å². The van der Waals surface area contributed by atoms with Crippen LogP contribution in [-0.2, 0) is 4.79 Å². The Balaban J connectivity index is 0.000000292. The molecule has 0 saturated heterocycles. The highest BCUT2D eigenvalue weighted by molar-refractivity contribution is 5.91. The van der Waals surface area contributed by atoms with Crippen LogP contribution in [0.4, 0.5) is 0 Å². The highest BCUT2D eigenvalue weighted by atomic mass is 16.1. The molecule has 2 unspecified atom stereocenters. The number of nitrogens with zero attached hydrogens (tertiary/aromatic N) is 3. The van der Waals surface area contributed by atoms with Crippen LogP contribution in [0.3, 0.4) is 0 Å². The van der Waals surface area contributed by atoms with Gasteiger partial charge in [0, 0.05) is 49.0 Å². The van der Waals surface area contributed by atoms with E-state index in [9.17, 15) is 4.79 Å². The third-order valence-electron chi connectivity index (χ3n) is 3.83. The Labute approximate surface area is 142 Å². The standard InChI is InChI=1S/C15H16N2O.C5H5N/c1-11(13-3-7-16-8-4-13)15(18)12(2)14-5-9-17-10-6-14;1-2-4-6-5-3-1/h3-12H,1-2H3;1-5H. The molecular weight excluding hydrogens is 298 g/mol. The minimum atomic E-state index is -0.115. The number of rotatable bonds is 4. The molecule has 3 heterocycles. The van der Waals surface area contributed by atoms with Gasteiger partial charge >= 0.3 is 0 Å². The van der Waals surface area contributed by atoms with Crippen LogP contribution in [0, 0.1) is 0 Å². The summed E-state index contributed by atoms with van der Waals surface area (Å²) in [7, 11) is 0. The predicted octanol–water partition coefficient (Wildman–Crippen LogP) is 4.03. The van der Waals surface area contributed by atoms with Gasteiger partial charge < -0.3 is 0 Å². The predicted molar refractivity (Wildman–Crippen MR) is 94.5 cm³/mol. The monoisotopic (exact) mass is 319 g/mol. The van der Waals surface area contributed by atoms with Crippen molar-refractivity contribution in [1.29, 1.82) is 0 Å². The number of aromatic nitrogens is 3. The van der Waals surface area contributed by atoms with E-state index in [2.05, 4.69) is 15.0 Å². The zero-order valence-electron chi connectivity index (χ0n) is 13.9. The minimum Gasteiger partial charge on any atom is -0.298 e. The van der Waals surface area contributed by atoms with E-state index >= 15 is 0 Å². The molecule has 0 spiro atoms. The van der Waals surface area contributed by atoms with Crippen molar-refractivity contribution < 1.29 is 4.79 Å². The lowest BCUT2D eigenvalue weighted by Crippen LogP contribution is -2.16. The van der Waals surface area contributed by atoms with E-state index < -0.39 is 0 Å². The first kappa shape index (κ1) is 17.5. The van der Waals surface area contributed by atoms with E-state index in [-0.39, 0.29) is 17.6 Å². The van der Waals surface area contributed by atoms with E-state index in [1.165, 1.54) is 0 Å². The van der Waals surface area contributed by atoms with Gasteiger partial charge in [-0.25, -0.2) is 0 Å². The van der Waals surface area contributed by atoms with Crippen LogP contribution in [0.2, 0.25) is 0 Å². The Hall–Kier alpha value is -2.88. The van der Waals surface area contributed by atoms with Gasteiger partial charge in [0.15, 0.2) is 0 Å². The van der Waals surface area contributed by atoms with Gasteiger partial charge in [0.2, 0.25) is 0 Å². The summed E-state index contributed by atoms with van der Waals surface area (Å²) in [5, 5.41) is 0. The molecule has 24 heavy (non-hydrogen) atoms. The third-order valence-corrected chi connectivity index (χ3v) is 3.83. The second kappa shape index (κ2) is 9.30. The number of carbonyl (C=O) groups excluding carboxylic acids is 1. The van der Waals surface area contributed by atoms with Crippen LogP contribution in [0.1, 0.15) is 36.8 Å². The zero-order valence-corrected chi connectivity index (χ0v) is 13.9. The SMILES string of the molecule is CC(C(=O)C(C)c1ccncc1)c1ccncc1.c1ccncc1. The van der Waals surface area contributed by atoms with Crippen molar-refractivity contribution in [1.82, 2.24) is 15.0 Å². The molecule has 0 aliphatic heterocycles. The smallest absolute Gasteiger partial charge is 0.147 e. The molecule has 0 aliphatic rings. The Morgan fingerprint density at radius 3 is 1.33 bits per heavy atom. The van der Waals surface area contributed by atoms with E-state index in [4.69, 9.17) is 0 Å². The molecule has 0 aromatic carbocycles. The summed E-state index contributed by atoms with van der Waals surface area (Å²) in [6.07, 6.45) is 10.4. The van der Waals surface area contributed by atoms with Gasteiger partial charge in [-0.15, -0.1) is 0 Å². The molecule has 0 N–H and O–H groups in total. The van der Waals surface area contributed by atoms with Gasteiger partial charge in [-0.05, 0) is 47.5 Å². The summed E-state index contributed by atoms with van der Waals surface area (Å²) in [6, 6.07) is 13.3. The highest BCUT2D eigenvalue weighted by Crippen LogP contribution is 2.25. The lowest BCUT2D eigenvalue weighted by molar-refractivity contribution is -0.121. The van der Waals surface area contributed by atoms with E-state index in [0.717, 1.165) is 11.1 Å². The van der Waals surface area contributed by atoms with Gasteiger partial charge in [0.1, 0.15) is 5.78 Å². The fourth-order valence-electron chi connectivity index (χ4n) is 2.32. The highest BCUT2D eigenvalue weighted by Gasteiger charge is 2.22. The molecule has 0 saturated carbocycles. The second-order valence-corrected chi connectivity index (χ2v) is 5.43. The molecule has 3 rings (SSSR count). The molecule has 4 heteroatoms. The summed E-state index contributed by atoms with van der Waals surface area (Å²) in [5.41, 5.74) is 2.02. The van der Waals surface area contributed by atoms with Crippen LogP contribution in [-0.4, -0.2) is 20.7 Å². The Morgan fingerprint density at radius 2 is 1.04 bits per heavy atom. The van der Waals surface area contributed by atoms with Crippen molar-refractivity contribution in [2.24, 2.45) is 0 Å². The lowest BCUT2D eigenvalue weighted by Gasteiger charge is -2.16. The number of carbonyl (C=O) groups is 1. The Bertz CT molecular complexity index is 643. The molecule has 0 radical (unpaired) electrons. The average Bonchev–Trinajstić information content (AvgIpc) is 2.69. The largest absolute Gasteiger partial charge is 0.298 e. The van der Waals surface area contributed by atoms with Gasteiger partial charge in [0.05, 0.1) is 0 Å². The molecule has 122 valence electrons. The van der Waals surface area contributed by atoms with Gasteiger partial charge in [-0.2, -0.15) is 0 Å². The lowest BCUT2D eigenvalue weighted by atomic mass is 9.86. The van der Waals surface area contributed by atoms with Gasteiger partial charge in [-0.1, -0.05) is 19.9 Å². The summed E-state index contributed by atoms with van der Waals surface area (Å²) in [6.45, 7) is 3.88. The molecule has 0 amide bonds. The van der Waals surface area contributed by atoms with Crippen LogP contribution >= 0.6 is 0 Å². The molecule has 3 aromatic rings. The number of Topliss-reactive ketones (excluding diaryl/α,β-unsaturated/α-hetero) is 1. The van der Waals surface area contributed by atoms with Gasteiger partial charge in [-0.3, -0.25) is 19.7 Å². The van der Waals surface area contributed by atoms with Crippen molar-refractivity contribution in [2.75, 3.05) is 0 Å². The van der Waals surface area contributed by atoms with E-state index in [0.29, 0.717) is 0 Å². The maximum atomic E-state index is 12.4. The van der Waals surface area contributed by atoms with Crippen LogP contribution < -0.4 is 0 Å². The van der Waals surface area contributed by atoms with E-state index in [1.807, 2.05) is 56.3 Å². The number of ketones is 1. The van der Waals surface area contributed by atoms with Gasteiger partial charge in [0.25, 0.3) is 0 Å². The molecule has 0 bridgehead atoms. The minimum absolute atomic E-state index is 0.115. The maximum Gasteiger partial charge on any atom is 0.147 e. The van der Waals surface area contributed by atoms with E-state index in [1.54, 1.807) is 37.2 Å². The van der Waals surface area contributed by atoms with Crippen LogP contribution in [0.5, 0.6) is 0 Å². The number of hydrogen-bond acceptors (Lipinski definition) is 4. The number of pyridine rings is 3. The molecule has 0 aliphatic carbocycles. The summed E-state index contributed by atoms with van der Waals surface area (Å²) in [5.74, 6) is -0.0141. The topological polar surface area (TPSA) is 55.7 Å². The molecule has 3 aromatic heterocycles. The normalized spacial score (nSPS) is 12.4. The van der Waals surface area contributed by atoms with Crippen molar-refractivity contribution in [3.63, 3.8) is 0 Å². The molecular formula is C20H21N3O. The Kier molecular flexibility index (Phi) is 6.77. The molecule has 4 nitrogen and oxygen atoms in total. The summed E-state index contributed by atoms with van der Waals surface area (Å²) < 4.78 is 0. The van der Waals surface area contributed by atoms with Crippen LogP contribution in [0.15, 0.2) is 79.6 Å². The summed E-state index contributed by atoms with van der Waals surface area (Å²) >= 11 is 0. The van der Waals surface area contributed by atoms with Crippen molar-refractivity contribution in [2.45, 2.75) is 25.7 Å². The first-order chi connectivity index (χ1) is 11.7. The number of hydrogen-bond donors (Lipinski definition) is 0. The quantitative estimate of drug-likeness (QED) is 0.728.